The highest BCUT2D eigenvalue weighted by Gasteiger charge is 2.46. The first-order valence-corrected chi connectivity index (χ1v) is 5.69. The minimum atomic E-state index is -0.568. The van der Waals surface area contributed by atoms with Crippen molar-refractivity contribution in [1.29, 1.82) is 0 Å². The molecule has 0 aromatic rings. The number of carbonyl (C=O) groups is 2. The minimum Gasteiger partial charge on any atom is -0.387 e. The van der Waals surface area contributed by atoms with Gasteiger partial charge in [-0.05, 0) is 38.4 Å². The third-order valence-corrected chi connectivity index (χ3v) is 3.80. The average molecular weight is 226 g/mol. The molecule has 5 heteroatoms. The Morgan fingerprint density at radius 3 is 2.62 bits per heavy atom. The molecule has 0 aromatic heterocycles. The number of aliphatic hydroxyl groups is 1. The van der Waals surface area contributed by atoms with Crippen molar-refractivity contribution in [1.82, 2.24) is 9.80 Å². The zero-order valence-electron chi connectivity index (χ0n) is 9.61. The maximum atomic E-state index is 11.7. The van der Waals surface area contributed by atoms with Gasteiger partial charge < -0.3 is 10.0 Å². The minimum absolute atomic E-state index is 0.0194. The van der Waals surface area contributed by atoms with Crippen molar-refractivity contribution >= 4 is 11.8 Å². The Morgan fingerprint density at radius 2 is 2.06 bits per heavy atom. The van der Waals surface area contributed by atoms with E-state index in [-0.39, 0.29) is 11.3 Å². The number of likely N-dealkylation sites (tertiary alicyclic amines) is 2. The topological polar surface area (TPSA) is 60.9 Å². The largest absolute Gasteiger partial charge is 0.387 e. The first kappa shape index (κ1) is 11.5. The maximum absolute atomic E-state index is 11.7. The average Bonchev–Trinajstić information content (AvgIpc) is 2.60. The molecule has 2 heterocycles. The maximum Gasteiger partial charge on any atom is 0.254 e. The van der Waals surface area contributed by atoms with Crippen LogP contribution in [0.3, 0.4) is 0 Å². The predicted molar refractivity (Wildman–Crippen MR) is 57.6 cm³/mol. The highest BCUT2D eigenvalue weighted by molar-refractivity contribution is 5.97. The summed E-state index contributed by atoms with van der Waals surface area (Å²) in [4.78, 5) is 26.5. The Bertz CT molecular complexity index is 308. The van der Waals surface area contributed by atoms with E-state index in [4.69, 9.17) is 5.11 Å². The molecule has 0 radical (unpaired) electrons. The Balaban J connectivity index is 2.05. The lowest BCUT2D eigenvalue weighted by molar-refractivity contribution is -0.143. The molecule has 16 heavy (non-hydrogen) atoms. The molecule has 0 bridgehead atoms. The number of imide groups is 1. The van der Waals surface area contributed by atoms with Crippen molar-refractivity contribution in [3.63, 3.8) is 0 Å². The number of amides is 2. The fraction of sp³-hybridized carbons (Fsp3) is 0.818. The summed E-state index contributed by atoms with van der Waals surface area (Å²) in [5.74, 6) is -0.579. The first-order chi connectivity index (χ1) is 7.56. The fourth-order valence-corrected chi connectivity index (χ4v) is 2.64. The smallest absolute Gasteiger partial charge is 0.254 e. The number of carbonyl (C=O) groups excluding carboxylic acids is 2. The van der Waals surface area contributed by atoms with Crippen LogP contribution in [0.25, 0.3) is 0 Å². The van der Waals surface area contributed by atoms with E-state index in [9.17, 15) is 9.59 Å². The number of nitrogens with zero attached hydrogens (tertiary/aromatic N) is 2. The summed E-state index contributed by atoms with van der Waals surface area (Å²) >= 11 is 0. The quantitative estimate of drug-likeness (QED) is 0.651. The zero-order chi connectivity index (χ0) is 11.8. The third kappa shape index (κ3) is 1.97. The van der Waals surface area contributed by atoms with Gasteiger partial charge in [-0.15, -0.1) is 0 Å². The van der Waals surface area contributed by atoms with E-state index >= 15 is 0 Å². The van der Waals surface area contributed by atoms with Crippen LogP contribution in [0.5, 0.6) is 0 Å². The molecule has 90 valence electrons. The van der Waals surface area contributed by atoms with Crippen LogP contribution in [0.2, 0.25) is 0 Å². The molecule has 0 aromatic carbocycles. The van der Waals surface area contributed by atoms with Gasteiger partial charge in [0.05, 0.1) is 0 Å². The number of hydrogen-bond acceptors (Lipinski definition) is 4. The van der Waals surface area contributed by atoms with Gasteiger partial charge in [0.25, 0.3) is 5.91 Å². The van der Waals surface area contributed by atoms with Crippen LogP contribution in [-0.2, 0) is 9.59 Å². The van der Waals surface area contributed by atoms with Gasteiger partial charge in [0.15, 0.2) is 0 Å². The van der Waals surface area contributed by atoms with Gasteiger partial charge in [-0.25, -0.2) is 0 Å². The molecule has 2 aliphatic heterocycles. The number of piperidine rings is 1. The third-order valence-electron chi connectivity index (χ3n) is 3.80. The zero-order valence-corrected chi connectivity index (χ0v) is 9.61. The summed E-state index contributed by atoms with van der Waals surface area (Å²) in [5.41, 5.74) is -0.0194. The molecule has 1 N–H and O–H groups in total. The molecular weight excluding hydrogens is 208 g/mol. The van der Waals surface area contributed by atoms with Crippen molar-refractivity contribution in [3.05, 3.63) is 0 Å². The Morgan fingerprint density at radius 1 is 1.44 bits per heavy atom. The second kappa shape index (κ2) is 4.14. The van der Waals surface area contributed by atoms with Crippen LogP contribution in [-0.4, -0.2) is 60.0 Å². The van der Waals surface area contributed by atoms with Gasteiger partial charge in [0.2, 0.25) is 5.91 Å². The summed E-state index contributed by atoms with van der Waals surface area (Å²) in [6, 6.07) is 0. The first-order valence-electron chi connectivity index (χ1n) is 5.69. The Labute approximate surface area is 95.0 Å². The normalized spacial score (nSPS) is 25.4. The molecule has 2 aliphatic rings. The Hall–Kier alpha value is -0.940. The molecule has 0 aliphatic carbocycles. The van der Waals surface area contributed by atoms with Crippen molar-refractivity contribution in [2.75, 3.05) is 33.3 Å². The van der Waals surface area contributed by atoms with Gasteiger partial charge in [-0.3, -0.25) is 14.5 Å². The second-order valence-electron chi connectivity index (χ2n) is 5.01. The van der Waals surface area contributed by atoms with E-state index in [2.05, 4.69) is 11.9 Å². The van der Waals surface area contributed by atoms with Crippen molar-refractivity contribution in [2.45, 2.75) is 19.3 Å². The fourth-order valence-electron chi connectivity index (χ4n) is 2.64. The van der Waals surface area contributed by atoms with Crippen LogP contribution in [0.1, 0.15) is 19.3 Å². The molecule has 2 saturated heterocycles. The molecule has 2 rings (SSSR count). The van der Waals surface area contributed by atoms with Gasteiger partial charge in [-0.2, -0.15) is 0 Å². The van der Waals surface area contributed by atoms with Crippen LogP contribution >= 0.6 is 0 Å². The van der Waals surface area contributed by atoms with E-state index in [1.54, 1.807) is 0 Å². The second-order valence-corrected chi connectivity index (χ2v) is 5.01. The van der Waals surface area contributed by atoms with Crippen LogP contribution in [0.15, 0.2) is 0 Å². The SMILES string of the molecule is CN1CCC2(CC1)CC(=O)N(C(=O)CO)C2. The molecule has 0 saturated carbocycles. The van der Waals surface area contributed by atoms with Crippen LogP contribution < -0.4 is 0 Å². The van der Waals surface area contributed by atoms with Crippen molar-refractivity contribution < 1.29 is 14.7 Å². The highest BCUT2D eigenvalue weighted by atomic mass is 16.3. The van der Waals surface area contributed by atoms with E-state index in [0.717, 1.165) is 25.9 Å². The summed E-state index contributed by atoms with van der Waals surface area (Å²) < 4.78 is 0. The monoisotopic (exact) mass is 226 g/mol. The van der Waals surface area contributed by atoms with E-state index in [0.29, 0.717) is 13.0 Å². The lowest BCUT2D eigenvalue weighted by Gasteiger charge is -2.36. The number of hydrogen-bond donors (Lipinski definition) is 1. The van der Waals surface area contributed by atoms with Crippen molar-refractivity contribution in [3.8, 4) is 0 Å². The lowest BCUT2D eigenvalue weighted by Crippen LogP contribution is -2.41. The summed E-state index contributed by atoms with van der Waals surface area (Å²) in [7, 11) is 2.07. The number of aliphatic hydroxyl groups excluding tert-OH is 1. The van der Waals surface area contributed by atoms with Crippen LogP contribution in [0.4, 0.5) is 0 Å². The van der Waals surface area contributed by atoms with Gasteiger partial charge in [-0.1, -0.05) is 0 Å². The molecular formula is C11H18N2O3. The van der Waals surface area contributed by atoms with Gasteiger partial charge >= 0.3 is 0 Å². The molecule has 1 spiro atoms. The van der Waals surface area contributed by atoms with Gasteiger partial charge in [0, 0.05) is 13.0 Å². The molecule has 5 nitrogen and oxygen atoms in total. The van der Waals surface area contributed by atoms with Crippen LogP contribution in [0, 0.1) is 5.41 Å². The molecule has 0 unspecified atom stereocenters. The van der Waals surface area contributed by atoms with Gasteiger partial charge in [0.1, 0.15) is 6.61 Å². The summed E-state index contributed by atoms with van der Waals surface area (Å²) in [5, 5.41) is 8.79. The van der Waals surface area contributed by atoms with E-state index in [1.165, 1.54) is 4.90 Å². The van der Waals surface area contributed by atoms with E-state index in [1.807, 2.05) is 0 Å². The molecule has 0 atom stereocenters. The lowest BCUT2D eigenvalue weighted by atomic mass is 9.78. The summed E-state index contributed by atoms with van der Waals surface area (Å²) in [6.45, 7) is 1.89. The Kier molecular flexibility index (Phi) is 2.99. The summed E-state index contributed by atoms with van der Waals surface area (Å²) in [6.07, 6.45) is 2.39. The number of rotatable bonds is 1. The molecule has 2 amide bonds. The molecule has 2 fully saturated rings. The standard InChI is InChI=1S/C11H18N2O3/c1-12-4-2-11(3-5-12)6-9(15)13(8-11)10(16)7-14/h14H,2-8H2,1H3. The van der Waals surface area contributed by atoms with E-state index < -0.39 is 12.5 Å². The highest BCUT2D eigenvalue weighted by Crippen LogP contribution is 2.40. The predicted octanol–water partition coefficient (Wildman–Crippen LogP) is -0.550. The van der Waals surface area contributed by atoms with Crippen molar-refractivity contribution in [2.24, 2.45) is 5.41 Å².